The van der Waals surface area contributed by atoms with Gasteiger partial charge in [-0.1, -0.05) is 30.3 Å². The molecule has 9 nitrogen and oxygen atoms in total. The van der Waals surface area contributed by atoms with Gasteiger partial charge in [-0.15, -0.1) is 0 Å². The third-order valence-corrected chi connectivity index (χ3v) is 6.64. The van der Waals surface area contributed by atoms with Crippen LogP contribution in [0.3, 0.4) is 0 Å². The van der Waals surface area contributed by atoms with Gasteiger partial charge in [-0.25, -0.2) is 9.97 Å². The van der Waals surface area contributed by atoms with Crippen molar-refractivity contribution in [3.63, 3.8) is 0 Å². The van der Waals surface area contributed by atoms with E-state index in [2.05, 4.69) is 15.3 Å². The van der Waals surface area contributed by atoms with E-state index in [1.54, 1.807) is 28.9 Å². The normalized spacial score (nSPS) is 14.6. The third-order valence-electron chi connectivity index (χ3n) is 6.64. The Morgan fingerprint density at radius 2 is 1.66 bits per heavy atom. The first-order chi connectivity index (χ1) is 19.6. The van der Waals surface area contributed by atoms with Crippen molar-refractivity contribution in [1.82, 2.24) is 14.5 Å². The average Bonchev–Trinajstić information content (AvgIpc) is 3.28. The molecule has 1 fully saturated rings. The minimum atomic E-state index is -1.07. The van der Waals surface area contributed by atoms with E-state index in [4.69, 9.17) is 4.11 Å². The first-order valence-electron chi connectivity index (χ1n) is 13.8. The fourth-order valence-electron chi connectivity index (χ4n) is 4.48. The summed E-state index contributed by atoms with van der Waals surface area (Å²) in [6.45, 7) is 5.54. The number of carbonyl (C=O) groups excluding carboxylic acids is 2. The van der Waals surface area contributed by atoms with Gasteiger partial charge in [0.25, 0.3) is 11.7 Å². The highest BCUT2D eigenvalue weighted by Gasteiger charge is 2.26. The van der Waals surface area contributed by atoms with Gasteiger partial charge in [0.1, 0.15) is 11.4 Å². The summed E-state index contributed by atoms with van der Waals surface area (Å²) < 4.78 is 27.3. The number of ketones is 1. The number of phenols is 1. The molecule has 3 heterocycles. The Morgan fingerprint density at radius 3 is 2.34 bits per heavy atom. The molecule has 0 bridgehead atoms. The second-order valence-electron chi connectivity index (χ2n) is 9.24. The number of amides is 1. The van der Waals surface area contributed by atoms with E-state index in [-0.39, 0.29) is 17.4 Å². The number of nitrogens with one attached hydrogen (secondary N) is 1. The van der Waals surface area contributed by atoms with E-state index in [1.807, 2.05) is 55.1 Å². The van der Waals surface area contributed by atoms with Crippen LogP contribution >= 0.6 is 0 Å². The van der Waals surface area contributed by atoms with Gasteiger partial charge in [-0.2, -0.15) is 0 Å². The molecule has 1 amide bonds. The lowest BCUT2D eigenvalue weighted by Gasteiger charge is -2.36. The molecule has 1 saturated heterocycles. The minimum Gasteiger partial charge on any atom is -0.506 e. The number of phenolic OH excluding ortho intramolecular Hbond substituents is 1. The summed E-state index contributed by atoms with van der Waals surface area (Å²) in [5, 5.41) is 13.3. The SMILES string of the molecule is [2H]c1c([2H])c(N2CCN(c3ncc(C)cn3)CC2)c(O)c([2H])c1NC(=O)C(=O)c1c(-c2ccccc2)cc(C)n1C. The molecule has 9 heteroatoms. The molecule has 0 saturated carbocycles. The fourth-order valence-corrected chi connectivity index (χ4v) is 4.48. The zero-order valence-electron chi connectivity index (χ0n) is 24.4. The van der Waals surface area contributed by atoms with Gasteiger partial charge >= 0.3 is 0 Å². The number of Topliss-reactive ketones (excluding diaryl/α,β-unsaturated/α-hetero) is 1. The highest BCUT2D eigenvalue weighted by atomic mass is 16.3. The quantitative estimate of drug-likeness (QED) is 0.297. The summed E-state index contributed by atoms with van der Waals surface area (Å²) in [4.78, 5) is 38.9. The van der Waals surface area contributed by atoms with E-state index in [9.17, 15) is 14.7 Å². The lowest BCUT2D eigenvalue weighted by molar-refractivity contribution is -0.112. The van der Waals surface area contributed by atoms with Crippen LogP contribution in [0.1, 0.15) is 25.9 Å². The number of hydrogen-bond acceptors (Lipinski definition) is 7. The van der Waals surface area contributed by atoms with E-state index < -0.39 is 35.2 Å². The molecule has 38 heavy (non-hydrogen) atoms. The summed E-state index contributed by atoms with van der Waals surface area (Å²) in [7, 11) is 1.68. The van der Waals surface area contributed by atoms with Crippen LogP contribution in [0.25, 0.3) is 11.1 Å². The Morgan fingerprint density at radius 1 is 1.00 bits per heavy atom. The van der Waals surface area contributed by atoms with Crippen LogP contribution in [0.5, 0.6) is 5.75 Å². The zero-order valence-corrected chi connectivity index (χ0v) is 21.4. The van der Waals surface area contributed by atoms with Crippen LogP contribution in [0.4, 0.5) is 17.3 Å². The first-order valence-corrected chi connectivity index (χ1v) is 12.3. The van der Waals surface area contributed by atoms with Crippen molar-refractivity contribution in [3.8, 4) is 16.9 Å². The second-order valence-corrected chi connectivity index (χ2v) is 9.24. The maximum atomic E-state index is 13.4. The molecular weight excluding hydrogens is 480 g/mol. The van der Waals surface area contributed by atoms with E-state index >= 15 is 0 Å². The number of aromatic nitrogens is 3. The van der Waals surface area contributed by atoms with Crippen LogP contribution < -0.4 is 15.1 Å². The molecular formula is C29H30N6O3. The van der Waals surface area contributed by atoms with Gasteiger partial charge in [0.05, 0.1) is 9.80 Å². The molecule has 2 aromatic carbocycles. The number of nitrogens with zero attached hydrogens (tertiary/aromatic N) is 5. The van der Waals surface area contributed by atoms with Gasteiger partial charge in [-0.05, 0) is 43.1 Å². The Kier molecular flexibility index (Phi) is 5.85. The lowest BCUT2D eigenvalue weighted by Crippen LogP contribution is -2.47. The zero-order chi connectivity index (χ0) is 29.4. The van der Waals surface area contributed by atoms with Crippen molar-refractivity contribution in [1.29, 1.82) is 0 Å². The maximum absolute atomic E-state index is 13.4. The molecule has 0 aliphatic carbocycles. The monoisotopic (exact) mass is 513 g/mol. The maximum Gasteiger partial charge on any atom is 0.298 e. The Hall–Kier alpha value is -4.66. The predicted molar refractivity (Wildman–Crippen MR) is 148 cm³/mol. The van der Waals surface area contributed by atoms with Gasteiger partial charge < -0.3 is 24.8 Å². The van der Waals surface area contributed by atoms with Gasteiger partial charge in [-0.3, -0.25) is 9.59 Å². The highest BCUT2D eigenvalue weighted by molar-refractivity contribution is 6.47. The summed E-state index contributed by atoms with van der Waals surface area (Å²) in [5.41, 5.74) is 2.87. The molecule has 1 aliphatic rings. The molecule has 0 atom stereocenters. The second kappa shape index (κ2) is 10.4. The number of aryl methyl sites for hydroxylation is 2. The average molecular weight is 514 g/mol. The van der Waals surface area contributed by atoms with Crippen molar-refractivity contribution in [3.05, 3.63) is 83.9 Å². The van der Waals surface area contributed by atoms with Crippen molar-refractivity contribution in [2.75, 3.05) is 41.3 Å². The summed E-state index contributed by atoms with van der Waals surface area (Å²) >= 11 is 0. The largest absolute Gasteiger partial charge is 0.506 e. The Labute approximate surface area is 225 Å². The number of rotatable bonds is 6. The van der Waals surface area contributed by atoms with Crippen LogP contribution in [0.15, 0.2) is 66.9 Å². The Bertz CT molecular complexity index is 1600. The molecule has 0 unspecified atom stereocenters. The minimum absolute atomic E-state index is 0.0400. The highest BCUT2D eigenvalue weighted by Crippen LogP contribution is 2.32. The number of piperazine rings is 1. The molecule has 5 rings (SSSR count). The predicted octanol–water partition coefficient (Wildman–Crippen LogP) is 3.95. The van der Waals surface area contributed by atoms with Crippen LogP contribution in [-0.2, 0) is 11.8 Å². The lowest BCUT2D eigenvalue weighted by atomic mass is 10.0. The van der Waals surface area contributed by atoms with Crippen molar-refractivity contribution < 1.29 is 18.8 Å². The van der Waals surface area contributed by atoms with Crippen molar-refractivity contribution in [2.45, 2.75) is 13.8 Å². The standard InChI is InChI=1S/C29H30N6O3/c1-19-17-30-29(31-18-19)35-13-11-34(12-14-35)24-10-9-22(16-25(24)36)32-28(38)27(37)26-23(15-20(2)33(26)3)21-7-5-4-6-8-21/h4-10,15-18,36H,11-14H2,1-3H3,(H,32,38)/i9D,10D,16D. The molecule has 1 aliphatic heterocycles. The molecule has 0 spiro atoms. The van der Waals surface area contributed by atoms with E-state index in [1.165, 1.54) is 0 Å². The molecule has 2 aromatic heterocycles. The third kappa shape index (κ3) is 4.95. The molecule has 194 valence electrons. The summed E-state index contributed by atoms with van der Waals surface area (Å²) in [6, 6.07) is 9.68. The Balaban J connectivity index is 1.38. The van der Waals surface area contributed by atoms with Gasteiger partial charge in [0.2, 0.25) is 5.95 Å². The topological polar surface area (TPSA) is 104 Å². The van der Waals surface area contributed by atoms with Crippen LogP contribution in [0, 0.1) is 13.8 Å². The number of carbonyl (C=O) groups is 2. The summed E-state index contributed by atoms with van der Waals surface area (Å²) in [5.74, 6) is -1.88. The summed E-state index contributed by atoms with van der Waals surface area (Å²) in [6.07, 6.45) is 3.47. The molecule has 4 aromatic rings. The fraction of sp³-hybridized carbons (Fsp3) is 0.241. The van der Waals surface area contributed by atoms with Crippen molar-refractivity contribution in [2.24, 2.45) is 7.05 Å². The van der Waals surface area contributed by atoms with Gasteiger partial charge in [0, 0.05) is 68.6 Å². The number of aromatic hydroxyl groups is 1. The molecule has 0 radical (unpaired) electrons. The van der Waals surface area contributed by atoms with E-state index in [0.717, 1.165) is 16.8 Å². The number of anilines is 3. The molecule has 2 N–H and O–H groups in total. The van der Waals surface area contributed by atoms with Gasteiger partial charge in [0.15, 0.2) is 0 Å². The number of hydrogen-bond donors (Lipinski definition) is 2. The smallest absolute Gasteiger partial charge is 0.298 e. The van der Waals surface area contributed by atoms with Crippen LogP contribution in [-0.4, -0.2) is 57.5 Å². The van der Waals surface area contributed by atoms with E-state index in [0.29, 0.717) is 37.7 Å². The first kappa shape index (κ1) is 21.4. The van der Waals surface area contributed by atoms with Crippen LogP contribution in [0.2, 0.25) is 0 Å². The van der Waals surface area contributed by atoms with Crippen molar-refractivity contribution >= 4 is 29.0 Å². The number of benzene rings is 2.